The molecule has 0 spiro atoms. The number of nitro benzene ring substituents is 1. The Morgan fingerprint density at radius 1 is 1.41 bits per heavy atom. The molecular weight excluding hydrogens is 356 g/mol. The van der Waals surface area contributed by atoms with Crippen LogP contribution in [0, 0.1) is 13.7 Å². The summed E-state index contributed by atoms with van der Waals surface area (Å²) in [5, 5.41) is 10.6. The van der Waals surface area contributed by atoms with Gasteiger partial charge in [0, 0.05) is 9.64 Å². The third-order valence-corrected chi connectivity index (χ3v) is 2.45. The lowest BCUT2D eigenvalue weighted by Crippen LogP contribution is -2.21. The fourth-order valence-corrected chi connectivity index (χ4v) is 1.83. The van der Waals surface area contributed by atoms with Crippen LogP contribution < -0.4 is 5.73 Å². The van der Waals surface area contributed by atoms with E-state index in [4.69, 9.17) is 5.73 Å². The molecule has 0 heterocycles. The molecule has 0 unspecified atom stereocenters. The summed E-state index contributed by atoms with van der Waals surface area (Å²) in [5.74, 6) is -1.49. The second-order valence-electron chi connectivity index (χ2n) is 2.97. The number of primary amides is 1. The van der Waals surface area contributed by atoms with E-state index in [9.17, 15) is 28.1 Å². The maximum absolute atomic E-state index is 12.6. The van der Waals surface area contributed by atoms with Gasteiger partial charge in [0.2, 0.25) is 0 Å². The number of benzene rings is 1. The van der Waals surface area contributed by atoms with Crippen LogP contribution in [-0.2, 0) is 6.18 Å². The largest absolute Gasteiger partial charge is 0.417 e. The van der Waals surface area contributed by atoms with E-state index in [1.165, 1.54) is 22.6 Å². The second-order valence-corrected chi connectivity index (χ2v) is 4.21. The summed E-state index contributed by atoms with van der Waals surface area (Å²) in [6.45, 7) is 0. The molecule has 0 aliphatic rings. The van der Waals surface area contributed by atoms with Gasteiger partial charge in [0.05, 0.1) is 10.5 Å². The second kappa shape index (κ2) is 4.47. The van der Waals surface area contributed by atoms with E-state index in [1.54, 1.807) is 0 Å². The summed E-state index contributed by atoms with van der Waals surface area (Å²) < 4.78 is 37.8. The molecule has 0 atom stereocenters. The number of carbonyl (C=O) groups is 1. The van der Waals surface area contributed by atoms with Crippen molar-refractivity contribution in [1.82, 2.24) is 0 Å². The first-order chi connectivity index (χ1) is 7.64. The molecule has 0 aliphatic heterocycles. The van der Waals surface area contributed by atoms with E-state index < -0.39 is 33.8 Å². The number of alkyl halides is 3. The molecule has 92 valence electrons. The zero-order valence-electron chi connectivity index (χ0n) is 7.92. The zero-order chi connectivity index (χ0) is 13.4. The summed E-state index contributed by atoms with van der Waals surface area (Å²) >= 11 is 1.49. The Balaban J connectivity index is 3.70. The maximum atomic E-state index is 12.6. The van der Waals surface area contributed by atoms with Gasteiger partial charge in [-0.05, 0) is 28.7 Å². The molecule has 0 fully saturated rings. The van der Waals surface area contributed by atoms with Crippen LogP contribution in [0.25, 0.3) is 0 Å². The van der Waals surface area contributed by atoms with Crippen LogP contribution in [0.5, 0.6) is 0 Å². The van der Waals surface area contributed by atoms with Crippen molar-refractivity contribution in [2.75, 3.05) is 0 Å². The van der Waals surface area contributed by atoms with Crippen LogP contribution in [0.3, 0.4) is 0 Å². The minimum Gasteiger partial charge on any atom is -0.365 e. The van der Waals surface area contributed by atoms with Gasteiger partial charge in [0.1, 0.15) is 5.56 Å². The molecule has 1 aromatic rings. The van der Waals surface area contributed by atoms with Gasteiger partial charge in [0.25, 0.3) is 11.6 Å². The molecule has 9 heteroatoms. The molecule has 0 bridgehead atoms. The highest BCUT2D eigenvalue weighted by molar-refractivity contribution is 14.1. The fourth-order valence-electron chi connectivity index (χ4n) is 1.22. The Labute approximate surface area is 106 Å². The van der Waals surface area contributed by atoms with Gasteiger partial charge in [-0.3, -0.25) is 14.9 Å². The molecule has 1 aromatic carbocycles. The summed E-state index contributed by atoms with van der Waals surface area (Å²) in [5.41, 5.74) is 1.28. The third kappa shape index (κ3) is 2.84. The minimum absolute atomic E-state index is 0.00775. The highest BCUT2D eigenvalue weighted by Crippen LogP contribution is 2.37. The van der Waals surface area contributed by atoms with E-state index in [0.29, 0.717) is 6.07 Å². The topological polar surface area (TPSA) is 86.2 Å². The maximum Gasteiger partial charge on any atom is 0.417 e. The van der Waals surface area contributed by atoms with Gasteiger partial charge in [-0.1, -0.05) is 0 Å². The third-order valence-electron chi connectivity index (χ3n) is 1.83. The number of nitrogens with zero attached hydrogens (tertiary/aromatic N) is 1. The fraction of sp³-hybridized carbons (Fsp3) is 0.125. The Hall–Kier alpha value is -1.39. The van der Waals surface area contributed by atoms with Crippen molar-refractivity contribution in [2.45, 2.75) is 6.18 Å². The van der Waals surface area contributed by atoms with Crippen molar-refractivity contribution in [3.63, 3.8) is 0 Å². The van der Waals surface area contributed by atoms with Crippen molar-refractivity contribution < 1.29 is 22.9 Å². The number of amides is 1. The lowest BCUT2D eigenvalue weighted by molar-refractivity contribution is -0.385. The SMILES string of the molecule is NC(=O)c1c([N+](=O)[O-])cc(I)cc1C(F)(F)F. The van der Waals surface area contributed by atoms with Gasteiger partial charge in [-0.2, -0.15) is 13.2 Å². The predicted octanol–water partition coefficient (Wildman–Crippen LogP) is 2.32. The highest BCUT2D eigenvalue weighted by atomic mass is 127. The van der Waals surface area contributed by atoms with Crippen LogP contribution in [0.4, 0.5) is 18.9 Å². The molecule has 17 heavy (non-hydrogen) atoms. The summed E-state index contributed by atoms with van der Waals surface area (Å²) in [6.07, 6.45) is -4.88. The lowest BCUT2D eigenvalue weighted by Gasteiger charge is -2.11. The first kappa shape index (κ1) is 13.7. The van der Waals surface area contributed by atoms with Gasteiger partial charge < -0.3 is 5.73 Å². The molecule has 2 N–H and O–H groups in total. The normalized spacial score (nSPS) is 11.3. The van der Waals surface area contributed by atoms with Gasteiger partial charge in [0.15, 0.2) is 0 Å². The van der Waals surface area contributed by atoms with Crippen molar-refractivity contribution in [3.8, 4) is 0 Å². The number of carbonyl (C=O) groups excluding carboxylic acids is 1. The van der Waals surface area contributed by atoms with Crippen LogP contribution in [-0.4, -0.2) is 10.8 Å². The highest BCUT2D eigenvalue weighted by Gasteiger charge is 2.39. The standard InChI is InChI=1S/C8H4F3IN2O3/c9-8(10,11)4-1-3(12)2-5(14(16)17)6(4)7(13)15/h1-2H,(H2,13,15). The predicted molar refractivity (Wildman–Crippen MR) is 59.3 cm³/mol. The van der Waals surface area contributed by atoms with Crippen molar-refractivity contribution in [2.24, 2.45) is 5.73 Å². The smallest absolute Gasteiger partial charge is 0.365 e. The van der Waals surface area contributed by atoms with Gasteiger partial charge >= 0.3 is 6.18 Å². The van der Waals surface area contributed by atoms with Crippen molar-refractivity contribution in [1.29, 1.82) is 0 Å². The van der Waals surface area contributed by atoms with E-state index in [2.05, 4.69) is 0 Å². The number of halogens is 4. The molecule has 0 saturated carbocycles. The minimum atomic E-state index is -4.88. The molecule has 1 rings (SSSR count). The van der Waals surface area contributed by atoms with Gasteiger partial charge in [-0.25, -0.2) is 0 Å². The number of nitrogens with two attached hydrogens (primary N) is 1. The van der Waals surface area contributed by atoms with Crippen LogP contribution >= 0.6 is 22.6 Å². The van der Waals surface area contributed by atoms with E-state index >= 15 is 0 Å². The zero-order valence-corrected chi connectivity index (χ0v) is 10.1. The lowest BCUT2D eigenvalue weighted by atomic mass is 10.0. The number of hydrogen-bond acceptors (Lipinski definition) is 3. The Morgan fingerprint density at radius 2 is 1.94 bits per heavy atom. The average Bonchev–Trinajstić information content (AvgIpc) is 2.14. The number of rotatable bonds is 2. The quantitative estimate of drug-likeness (QED) is 0.499. The molecule has 0 aromatic heterocycles. The Kier molecular flexibility index (Phi) is 3.59. The summed E-state index contributed by atoms with van der Waals surface area (Å²) in [6, 6.07) is 1.49. The van der Waals surface area contributed by atoms with Crippen LogP contribution in [0.2, 0.25) is 0 Å². The molecule has 0 saturated heterocycles. The summed E-state index contributed by atoms with van der Waals surface area (Å²) in [4.78, 5) is 20.4. The molecular formula is C8H4F3IN2O3. The van der Waals surface area contributed by atoms with Crippen LogP contribution in [0.1, 0.15) is 15.9 Å². The first-order valence-electron chi connectivity index (χ1n) is 3.99. The monoisotopic (exact) mass is 360 g/mol. The van der Waals surface area contributed by atoms with E-state index in [0.717, 1.165) is 6.07 Å². The van der Waals surface area contributed by atoms with Crippen molar-refractivity contribution >= 4 is 34.2 Å². The summed E-state index contributed by atoms with van der Waals surface area (Å²) in [7, 11) is 0. The van der Waals surface area contributed by atoms with E-state index in [-0.39, 0.29) is 3.57 Å². The average molecular weight is 360 g/mol. The Bertz CT molecular complexity index is 502. The first-order valence-corrected chi connectivity index (χ1v) is 5.07. The molecule has 5 nitrogen and oxygen atoms in total. The molecule has 0 radical (unpaired) electrons. The van der Waals surface area contributed by atoms with Gasteiger partial charge in [-0.15, -0.1) is 0 Å². The van der Waals surface area contributed by atoms with E-state index in [1.807, 2.05) is 0 Å². The molecule has 0 aliphatic carbocycles. The number of hydrogen-bond donors (Lipinski definition) is 1. The number of nitro groups is 1. The Morgan fingerprint density at radius 3 is 2.29 bits per heavy atom. The van der Waals surface area contributed by atoms with Crippen LogP contribution in [0.15, 0.2) is 12.1 Å². The molecule has 1 amide bonds. The van der Waals surface area contributed by atoms with Crippen molar-refractivity contribution in [3.05, 3.63) is 36.9 Å².